The maximum Gasteiger partial charge on any atom is 0.434 e. The minimum absolute atomic E-state index is 0.0777. The number of aliphatic imine (C=N–C) groups is 2. The Bertz CT molecular complexity index is 286. The third-order valence-corrected chi connectivity index (χ3v) is 1.45. The molecule has 6 heteroatoms. The van der Waals surface area contributed by atoms with Gasteiger partial charge in [0.25, 0.3) is 0 Å². The van der Waals surface area contributed by atoms with Crippen LogP contribution in [-0.2, 0) is 9.47 Å². The van der Waals surface area contributed by atoms with E-state index < -0.39 is 12.2 Å². The highest BCUT2D eigenvalue weighted by Gasteiger charge is 2.25. The third-order valence-electron chi connectivity index (χ3n) is 1.45. The Morgan fingerprint density at radius 1 is 0.917 bits per heavy atom. The second-order valence-electron chi connectivity index (χ2n) is 2.23. The van der Waals surface area contributed by atoms with Crippen LogP contribution in [0.4, 0.5) is 9.59 Å². The van der Waals surface area contributed by atoms with E-state index in [0.29, 0.717) is 11.4 Å². The molecule has 2 heterocycles. The number of carbonyl (C=O) groups excluding carboxylic acids is 2. The van der Waals surface area contributed by atoms with Crippen molar-refractivity contribution in [3.63, 3.8) is 0 Å². The number of hydrogen-bond acceptors (Lipinski definition) is 4. The first-order valence-corrected chi connectivity index (χ1v) is 3.25. The Kier molecular flexibility index (Phi) is 1.39. The van der Waals surface area contributed by atoms with E-state index in [4.69, 9.17) is 0 Å². The zero-order valence-corrected chi connectivity index (χ0v) is 5.94. The van der Waals surface area contributed by atoms with Gasteiger partial charge in [-0.05, 0) is 0 Å². The summed E-state index contributed by atoms with van der Waals surface area (Å²) in [5.41, 5.74) is 0.761. The van der Waals surface area contributed by atoms with Crippen molar-refractivity contribution >= 4 is 23.6 Å². The Hall–Kier alpha value is -1.72. The first-order valence-electron chi connectivity index (χ1n) is 3.25. The summed E-state index contributed by atoms with van der Waals surface area (Å²) in [5.74, 6) is 0. The minimum Gasteiger partial charge on any atom is -0.441 e. The molecule has 0 atom stereocenters. The molecule has 0 fully saturated rings. The van der Waals surface area contributed by atoms with E-state index in [2.05, 4.69) is 19.5 Å². The second-order valence-corrected chi connectivity index (χ2v) is 2.23. The topological polar surface area (TPSA) is 77.3 Å². The smallest absolute Gasteiger partial charge is 0.434 e. The molecule has 2 aliphatic rings. The molecule has 0 saturated carbocycles. The molecular formula is C6H4N2O4. The van der Waals surface area contributed by atoms with E-state index in [9.17, 15) is 9.59 Å². The lowest BCUT2D eigenvalue weighted by molar-refractivity contribution is 0.179. The molecule has 0 aromatic heterocycles. The Morgan fingerprint density at radius 3 is 1.58 bits per heavy atom. The minimum atomic E-state index is -0.646. The average molecular weight is 168 g/mol. The molecule has 0 aliphatic carbocycles. The van der Waals surface area contributed by atoms with Gasteiger partial charge in [-0.1, -0.05) is 0 Å². The molecule has 2 rings (SSSR count). The van der Waals surface area contributed by atoms with E-state index in [1.165, 1.54) is 0 Å². The number of nitrogens with zero attached hydrogens (tertiary/aromatic N) is 2. The number of ether oxygens (including phenoxy) is 2. The van der Waals surface area contributed by atoms with Crippen LogP contribution in [0.2, 0.25) is 0 Å². The van der Waals surface area contributed by atoms with Crippen molar-refractivity contribution < 1.29 is 19.1 Å². The third kappa shape index (κ3) is 1.07. The van der Waals surface area contributed by atoms with Crippen molar-refractivity contribution in [3.8, 4) is 0 Å². The summed E-state index contributed by atoms with van der Waals surface area (Å²) in [5, 5.41) is 0. The molecule has 12 heavy (non-hydrogen) atoms. The maximum atomic E-state index is 10.5. The van der Waals surface area contributed by atoms with Gasteiger partial charge < -0.3 is 9.47 Å². The zero-order chi connectivity index (χ0) is 8.55. The highest BCUT2D eigenvalue weighted by atomic mass is 16.6. The Morgan fingerprint density at radius 2 is 1.33 bits per heavy atom. The summed E-state index contributed by atoms with van der Waals surface area (Å²) in [6, 6.07) is 0. The number of cyclic esters (lactones) is 2. The molecule has 2 aliphatic heterocycles. The lowest BCUT2D eigenvalue weighted by Crippen LogP contribution is -2.16. The van der Waals surface area contributed by atoms with Crippen LogP contribution in [0.5, 0.6) is 0 Å². The predicted molar refractivity (Wildman–Crippen MR) is 37.6 cm³/mol. The van der Waals surface area contributed by atoms with Gasteiger partial charge in [-0.15, -0.1) is 0 Å². The summed E-state index contributed by atoms with van der Waals surface area (Å²) in [6.07, 6.45) is -1.29. The van der Waals surface area contributed by atoms with Crippen LogP contribution in [0.15, 0.2) is 9.98 Å². The van der Waals surface area contributed by atoms with Gasteiger partial charge in [0.2, 0.25) is 0 Å². The fraction of sp³-hybridized carbons (Fsp3) is 0.333. The number of rotatable bonds is 1. The molecule has 0 aromatic rings. The number of carbonyl (C=O) groups is 2. The normalized spacial score (nSPS) is 21.7. The van der Waals surface area contributed by atoms with Crippen LogP contribution in [0, 0.1) is 0 Å². The quantitative estimate of drug-likeness (QED) is 0.559. The van der Waals surface area contributed by atoms with E-state index in [0.717, 1.165) is 0 Å². The molecule has 0 radical (unpaired) electrons. The van der Waals surface area contributed by atoms with Crippen LogP contribution in [0.1, 0.15) is 0 Å². The fourth-order valence-electron chi connectivity index (χ4n) is 0.905. The van der Waals surface area contributed by atoms with E-state index in [1.807, 2.05) is 0 Å². The van der Waals surface area contributed by atoms with Crippen LogP contribution in [-0.4, -0.2) is 36.8 Å². The monoisotopic (exact) mass is 168 g/mol. The van der Waals surface area contributed by atoms with Gasteiger partial charge in [0.05, 0.1) is 0 Å². The largest absolute Gasteiger partial charge is 0.441 e. The fourth-order valence-corrected chi connectivity index (χ4v) is 0.905. The van der Waals surface area contributed by atoms with Crippen LogP contribution < -0.4 is 0 Å². The van der Waals surface area contributed by atoms with Gasteiger partial charge in [0, 0.05) is 0 Å². The van der Waals surface area contributed by atoms with Gasteiger partial charge in [-0.25, -0.2) is 9.59 Å². The first-order chi connectivity index (χ1) is 5.75. The standard InChI is InChI=1S/C6H4N2O4/c9-5-7-3(1-11-5)4-2-12-6(10)8-4/h1-2H2. The lowest BCUT2D eigenvalue weighted by atomic mass is 10.2. The number of amides is 2. The summed E-state index contributed by atoms with van der Waals surface area (Å²) < 4.78 is 9.05. The summed E-state index contributed by atoms with van der Waals surface area (Å²) >= 11 is 0. The van der Waals surface area contributed by atoms with Crippen LogP contribution in [0.3, 0.4) is 0 Å². The van der Waals surface area contributed by atoms with E-state index in [-0.39, 0.29) is 13.2 Å². The van der Waals surface area contributed by atoms with Gasteiger partial charge in [0.15, 0.2) is 0 Å². The van der Waals surface area contributed by atoms with E-state index in [1.54, 1.807) is 0 Å². The molecular weight excluding hydrogens is 164 g/mol. The van der Waals surface area contributed by atoms with E-state index >= 15 is 0 Å². The SMILES string of the molecule is O=C1N=C(C2=NC(=O)OC2)CO1. The van der Waals surface area contributed by atoms with Crippen molar-refractivity contribution in [2.45, 2.75) is 0 Å². The second kappa shape index (κ2) is 2.40. The van der Waals surface area contributed by atoms with Gasteiger partial charge in [-0.2, -0.15) is 9.98 Å². The van der Waals surface area contributed by atoms with Crippen molar-refractivity contribution in [3.05, 3.63) is 0 Å². The maximum absolute atomic E-state index is 10.5. The van der Waals surface area contributed by atoms with Crippen molar-refractivity contribution in [2.24, 2.45) is 9.98 Å². The average Bonchev–Trinajstić information content (AvgIpc) is 2.58. The van der Waals surface area contributed by atoms with Crippen molar-refractivity contribution in [2.75, 3.05) is 13.2 Å². The highest BCUT2D eigenvalue weighted by Crippen LogP contribution is 2.05. The predicted octanol–water partition coefficient (Wildman–Crippen LogP) is 0.169. The first kappa shape index (κ1) is 6.96. The molecule has 0 N–H and O–H groups in total. The van der Waals surface area contributed by atoms with Gasteiger partial charge >= 0.3 is 12.2 Å². The molecule has 2 amide bonds. The molecule has 0 unspecified atom stereocenters. The molecule has 0 spiro atoms. The molecule has 6 nitrogen and oxygen atoms in total. The van der Waals surface area contributed by atoms with Crippen molar-refractivity contribution in [1.29, 1.82) is 0 Å². The zero-order valence-electron chi connectivity index (χ0n) is 5.94. The Labute approximate surface area is 66.9 Å². The molecule has 62 valence electrons. The molecule has 0 bridgehead atoms. The molecule has 0 aromatic carbocycles. The summed E-state index contributed by atoms with van der Waals surface area (Å²) in [4.78, 5) is 28.0. The van der Waals surface area contributed by atoms with Gasteiger partial charge in [-0.3, -0.25) is 0 Å². The van der Waals surface area contributed by atoms with Crippen molar-refractivity contribution in [1.82, 2.24) is 0 Å². The highest BCUT2D eigenvalue weighted by molar-refractivity contribution is 6.47. The number of hydrogen-bond donors (Lipinski definition) is 0. The van der Waals surface area contributed by atoms with Crippen LogP contribution in [0.25, 0.3) is 0 Å². The molecule has 0 saturated heterocycles. The summed E-state index contributed by atoms with van der Waals surface area (Å²) in [7, 11) is 0. The Balaban J connectivity index is 2.21. The lowest BCUT2D eigenvalue weighted by Gasteiger charge is -1.92. The summed E-state index contributed by atoms with van der Waals surface area (Å²) in [6.45, 7) is 0.155. The van der Waals surface area contributed by atoms with Crippen LogP contribution >= 0.6 is 0 Å². The van der Waals surface area contributed by atoms with Gasteiger partial charge in [0.1, 0.15) is 24.6 Å².